The molecule has 1 heterocycles. The van der Waals surface area contributed by atoms with Crippen LogP contribution in [0, 0.1) is 6.92 Å². The zero-order valence-corrected chi connectivity index (χ0v) is 12.8. The third-order valence-electron chi connectivity index (χ3n) is 3.36. The summed E-state index contributed by atoms with van der Waals surface area (Å²) in [4.78, 5) is 0.181. The molecule has 0 unspecified atom stereocenters. The van der Waals surface area contributed by atoms with Gasteiger partial charge in [0.2, 0.25) is 10.0 Å². The Morgan fingerprint density at radius 2 is 1.85 bits per heavy atom. The summed E-state index contributed by atoms with van der Waals surface area (Å²) >= 11 is 0. The van der Waals surface area contributed by atoms with Crippen molar-refractivity contribution in [2.75, 3.05) is 17.2 Å². The van der Waals surface area contributed by atoms with Gasteiger partial charge in [-0.1, -0.05) is 0 Å². The molecule has 0 spiro atoms. The predicted octanol–water partition coefficient (Wildman–Crippen LogP) is 0.433. The average Bonchev–Trinajstić information content (AvgIpc) is 2.31. The lowest BCUT2D eigenvalue weighted by Gasteiger charge is -2.23. The number of sulfonamides is 1. The monoisotopic (exact) mass is 318 g/mol. The SMILES string of the molecule is Cc1cc(N)ccc1S(=O)(=O)NC1CCS(=O)(=O)CC1. The van der Waals surface area contributed by atoms with E-state index in [1.165, 1.54) is 12.1 Å². The van der Waals surface area contributed by atoms with Crippen molar-refractivity contribution in [1.29, 1.82) is 0 Å². The number of nitrogen functional groups attached to an aromatic ring is 1. The van der Waals surface area contributed by atoms with Crippen LogP contribution in [-0.2, 0) is 19.9 Å². The molecule has 1 aliphatic heterocycles. The molecule has 6 nitrogen and oxygen atoms in total. The summed E-state index contributed by atoms with van der Waals surface area (Å²) in [6.07, 6.45) is 0.630. The Morgan fingerprint density at radius 3 is 2.40 bits per heavy atom. The van der Waals surface area contributed by atoms with E-state index in [0.29, 0.717) is 24.1 Å². The van der Waals surface area contributed by atoms with Gasteiger partial charge in [0.25, 0.3) is 0 Å². The summed E-state index contributed by atoms with van der Waals surface area (Å²) in [6, 6.07) is 4.26. The quantitative estimate of drug-likeness (QED) is 0.786. The summed E-state index contributed by atoms with van der Waals surface area (Å²) in [5, 5.41) is 0. The molecule has 3 N–H and O–H groups in total. The lowest BCUT2D eigenvalue weighted by atomic mass is 10.2. The van der Waals surface area contributed by atoms with E-state index in [0.717, 1.165) is 0 Å². The van der Waals surface area contributed by atoms with Crippen LogP contribution in [0.4, 0.5) is 5.69 Å². The molecule has 0 amide bonds. The fraction of sp³-hybridized carbons (Fsp3) is 0.500. The molecule has 0 radical (unpaired) electrons. The molecule has 0 saturated carbocycles. The molecule has 0 atom stereocenters. The molecule has 1 saturated heterocycles. The highest BCUT2D eigenvalue weighted by Gasteiger charge is 2.28. The zero-order chi connectivity index (χ0) is 15.0. The lowest BCUT2D eigenvalue weighted by molar-refractivity contribution is 0.505. The van der Waals surface area contributed by atoms with Crippen molar-refractivity contribution >= 4 is 25.5 Å². The number of hydrogen-bond donors (Lipinski definition) is 2. The third-order valence-corrected chi connectivity index (χ3v) is 6.76. The van der Waals surface area contributed by atoms with Gasteiger partial charge in [-0.15, -0.1) is 0 Å². The molecular formula is C12H18N2O4S2. The minimum absolute atomic E-state index is 0.0287. The highest BCUT2D eigenvalue weighted by Crippen LogP contribution is 2.20. The average molecular weight is 318 g/mol. The maximum atomic E-state index is 12.3. The number of benzene rings is 1. The molecule has 20 heavy (non-hydrogen) atoms. The minimum Gasteiger partial charge on any atom is -0.399 e. The van der Waals surface area contributed by atoms with Gasteiger partial charge in [-0.25, -0.2) is 21.6 Å². The zero-order valence-electron chi connectivity index (χ0n) is 11.2. The van der Waals surface area contributed by atoms with Crippen molar-refractivity contribution in [3.8, 4) is 0 Å². The first-order valence-corrected chi connectivity index (χ1v) is 9.59. The van der Waals surface area contributed by atoms with E-state index in [-0.39, 0.29) is 22.4 Å². The summed E-state index contributed by atoms with van der Waals surface area (Å²) in [5.41, 5.74) is 6.68. The second-order valence-corrected chi connectivity index (χ2v) is 9.06. The topological polar surface area (TPSA) is 106 Å². The van der Waals surface area contributed by atoms with E-state index in [1.54, 1.807) is 13.0 Å². The Kier molecular flexibility index (Phi) is 4.08. The smallest absolute Gasteiger partial charge is 0.241 e. The minimum atomic E-state index is -3.64. The Bertz CT molecular complexity index is 697. The number of aryl methyl sites for hydroxylation is 1. The van der Waals surface area contributed by atoms with Crippen LogP contribution in [0.25, 0.3) is 0 Å². The van der Waals surface area contributed by atoms with Crippen molar-refractivity contribution in [2.45, 2.75) is 30.7 Å². The van der Waals surface area contributed by atoms with Crippen LogP contribution in [-0.4, -0.2) is 34.4 Å². The number of nitrogens with two attached hydrogens (primary N) is 1. The first-order valence-electron chi connectivity index (χ1n) is 6.28. The van der Waals surface area contributed by atoms with Crippen LogP contribution in [0.2, 0.25) is 0 Å². The number of anilines is 1. The Labute approximate surface area is 119 Å². The lowest BCUT2D eigenvalue weighted by Crippen LogP contribution is -2.40. The van der Waals surface area contributed by atoms with Gasteiger partial charge in [-0.05, 0) is 43.5 Å². The third kappa shape index (κ3) is 3.50. The van der Waals surface area contributed by atoms with E-state index >= 15 is 0 Å². The number of rotatable bonds is 3. The second kappa shape index (κ2) is 5.34. The van der Waals surface area contributed by atoms with E-state index in [4.69, 9.17) is 5.73 Å². The van der Waals surface area contributed by atoms with Crippen molar-refractivity contribution in [2.24, 2.45) is 0 Å². The summed E-state index contributed by atoms with van der Waals surface area (Å²) in [7, 11) is -6.65. The van der Waals surface area contributed by atoms with Crippen molar-refractivity contribution in [3.63, 3.8) is 0 Å². The highest BCUT2D eigenvalue weighted by atomic mass is 32.2. The standard InChI is InChI=1S/C12H18N2O4S2/c1-9-8-10(13)2-3-12(9)20(17,18)14-11-4-6-19(15,16)7-5-11/h2-3,8,11,14H,4-7,13H2,1H3. The molecule has 0 bridgehead atoms. The van der Waals surface area contributed by atoms with E-state index < -0.39 is 19.9 Å². The number of hydrogen-bond acceptors (Lipinski definition) is 5. The van der Waals surface area contributed by atoms with Gasteiger partial charge in [-0.2, -0.15) is 0 Å². The maximum absolute atomic E-state index is 12.3. The van der Waals surface area contributed by atoms with Gasteiger partial charge in [-0.3, -0.25) is 0 Å². The normalized spacial score (nSPS) is 19.9. The van der Waals surface area contributed by atoms with Crippen molar-refractivity contribution in [3.05, 3.63) is 23.8 Å². The first kappa shape index (κ1) is 15.3. The van der Waals surface area contributed by atoms with Crippen LogP contribution < -0.4 is 10.5 Å². The van der Waals surface area contributed by atoms with E-state index in [2.05, 4.69) is 4.72 Å². The molecule has 1 aromatic rings. The van der Waals surface area contributed by atoms with Crippen LogP contribution >= 0.6 is 0 Å². The van der Waals surface area contributed by atoms with Crippen LogP contribution in [0.3, 0.4) is 0 Å². The van der Waals surface area contributed by atoms with Gasteiger partial charge in [0, 0.05) is 11.7 Å². The molecule has 2 rings (SSSR count). The molecule has 1 aromatic carbocycles. The molecule has 1 aliphatic rings. The summed E-state index contributed by atoms with van der Waals surface area (Å²) in [6.45, 7) is 1.68. The Balaban J connectivity index is 2.16. The van der Waals surface area contributed by atoms with Gasteiger partial charge in [0.15, 0.2) is 0 Å². The highest BCUT2D eigenvalue weighted by molar-refractivity contribution is 7.91. The Hall–Kier alpha value is -1.12. The van der Waals surface area contributed by atoms with Gasteiger partial charge < -0.3 is 5.73 Å². The predicted molar refractivity (Wildman–Crippen MR) is 77.6 cm³/mol. The van der Waals surface area contributed by atoms with Crippen molar-refractivity contribution in [1.82, 2.24) is 4.72 Å². The molecule has 8 heteroatoms. The molecule has 112 valence electrons. The molecule has 1 fully saturated rings. The summed E-state index contributed by atoms with van der Waals surface area (Å²) < 4.78 is 49.8. The molecular weight excluding hydrogens is 300 g/mol. The molecule has 0 aromatic heterocycles. The Morgan fingerprint density at radius 1 is 1.25 bits per heavy atom. The largest absolute Gasteiger partial charge is 0.399 e. The fourth-order valence-corrected chi connectivity index (χ4v) is 5.29. The fourth-order valence-electron chi connectivity index (χ4n) is 2.26. The van der Waals surface area contributed by atoms with Gasteiger partial charge in [0.1, 0.15) is 9.84 Å². The van der Waals surface area contributed by atoms with Crippen LogP contribution in [0.1, 0.15) is 18.4 Å². The molecule has 0 aliphatic carbocycles. The van der Waals surface area contributed by atoms with Crippen LogP contribution in [0.15, 0.2) is 23.1 Å². The van der Waals surface area contributed by atoms with Gasteiger partial charge in [0.05, 0.1) is 16.4 Å². The second-order valence-electron chi connectivity index (χ2n) is 5.07. The van der Waals surface area contributed by atoms with Crippen LogP contribution in [0.5, 0.6) is 0 Å². The van der Waals surface area contributed by atoms with E-state index in [9.17, 15) is 16.8 Å². The van der Waals surface area contributed by atoms with E-state index in [1.807, 2.05) is 0 Å². The van der Waals surface area contributed by atoms with Crippen molar-refractivity contribution < 1.29 is 16.8 Å². The number of nitrogens with one attached hydrogen (secondary N) is 1. The maximum Gasteiger partial charge on any atom is 0.241 e. The first-order chi connectivity index (χ1) is 9.20. The summed E-state index contributed by atoms with van der Waals surface area (Å²) in [5.74, 6) is 0.0574. The number of sulfone groups is 1. The van der Waals surface area contributed by atoms with Gasteiger partial charge >= 0.3 is 0 Å².